The summed E-state index contributed by atoms with van der Waals surface area (Å²) in [6.45, 7) is 12.6. The second-order valence-corrected chi connectivity index (χ2v) is 4.29. The zero-order valence-corrected chi connectivity index (χ0v) is 10.4. The molecule has 0 aliphatic carbocycles. The molecule has 0 aliphatic heterocycles. The molecule has 0 aliphatic rings. The molecule has 0 amide bonds. The van der Waals surface area contributed by atoms with Gasteiger partial charge in [0, 0.05) is 11.9 Å². The van der Waals surface area contributed by atoms with Gasteiger partial charge in [-0.05, 0) is 24.9 Å². The van der Waals surface area contributed by atoms with E-state index in [0.29, 0.717) is 0 Å². The fraction of sp³-hybridized carbons (Fsp3) is 1.00. The maximum Gasteiger partial charge on any atom is 0.00743 e. The van der Waals surface area contributed by atoms with Gasteiger partial charge in [-0.2, -0.15) is 0 Å². The van der Waals surface area contributed by atoms with Gasteiger partial charge >= 0.3 is 0 Å². The minimum absolute atomic E-state index is 0.782. The van der Waals surface area contributed by atoms with Crippen molar-refractivity contribution in [3.63, 3.8) is 0 Å². The Bertz CT molecular complexity index is 100. The van der Waals surface area contributed by atoms with Crippen LogP contribution >= 0.6 is 15.9 Å². The summed E-state index contributed by atoms with van der Waals surface area (Å²) >= 11 is 3.58. The molecule has 2 heteroatoms. The summed E-state index contributed by atoms with van der Waals surface area (Å²) in [5.41, 5.74) is 0. The van der Waals surface area contributed by atoms with Gasteiger partial charge in [-0.25, -0.2) is 0 Å². The standard InChI is InChI=1S/C10H22BrN/c1-5-12(6-2)8-10(7-11)9(3)4/h9-10H,5-8H2,1-4H3. The largest absolute Gasteiger partial charge is 0.304 e. The first-order valence-electron chi connectivity index (χ1n) is 4.93. The number of alkyl halides is 1. The lowest BCUT2D eigenvalue weighted by atomic mass is 9.97. The van der Waals surface area contributed by atoms with Gasteiger partial charge in [-0.3, -0.25) is 0 Å². The van der Waals surface area contributed by atoms with Gasteiger partial charge in [-0.15, -0.1) is 0 Å². The van der Waals surface area contributed by atoms with Crippen LogP contribution in [0.2, 0.25) is 0 Å². The Morgan fingerprint density at radius 1 is 1.17 bits per heavy atom. The molecule has 1 atom stereocenters. The number of hydrogen-bond acceptors (Lipinski definition) is 1. The quantitative estimate of drug-likeness (QED) is 0.641. The summed E-state index contributed by atoms with van der Waals surface area (Å²) < 4.78 is 0. The van der Waals surface area contributed by atoms with Crippen molar-refractivity contribution in [1.29, 1.82) is 0 Å². The van der Waals surface area contributed by atoms with E-state index in [0.717, 1.165) is 17.2 Å². The average molecular weight is 236 g/mol. The van der Waals surface area contributed by atoms with Gasteiger partial charge in [0.05, 0.1) is 0 Å². The molecule has 12 heavy (non-hydrogen) atoms. The average Bonchev–Trinajstić information content (AvgIpc) is 2.06. The van der Waals surface area contributed by atoms with E-state index in [1.54, 1.807) is 0 Å². The van der Waals surface area contributed by atoms with Crippen molar-refractivity contribution in [1.82, 2.24) is 4.90 Å². The smallest absolute Gasteiger partial charge is 0.00743 e. The van der Waals surface area contributed by atoms with Crippen LogP contribution in [0.4, 0.5) is 0 Å². The van der Waals surface area contributed by atoms with Crippen LogP contribution in [0.25, 0.3) is 0 Å². The van der Waals surface area contributed by atoms with Crippen LogP contribution < -0.4 is 0 Å². The lowest BCUT2D eigenvalue weighted by molar-refractivity contribution is 0.233. The van der Waals surface area contributed by atoms with E-state index < -0.39 is 0 Å². The van der Waals surface area contributed by atoms with Crippen molar-refractivity contribution in [2.24, 2.45) is 11.8 Å². The third-order valence-corrected chi connectivity index (χ3v) is 3.36. The van der Waals surface area contributed by atoms with Crippen molar-refractivity contribution in [2.45, 2.75) is 27.7 Å². The molecule has 1 unspecified atom stereocenters. The van der Waals surface area contributed by atoms with Gasteiger partial charge in [0.15, 0.2) is 0 Å². The van der Waals surface area contributed by atoms with Crippen LogP contribution in [0.3, 0.4) is 0 Å². The number of rotatable bonds is 6. The van der Waals surface area contributed by atoms with Crippen LogP contribution in [-0.2, 0) is 0 Å². The van der Waals surface area contributed by atoms with Gasteiger partial charge in [0.2, 0.25) is 0 Å². The molecule has 0 bridgehead atoms. The zero-order chi connectivity index (χ0) is 9.56. The first kappa shape index (κ1) is 12.4. The highest BCUT2D eigenvalue weighted by Gasteiger charge is 2.14. The molecular weight excluding hydrogens is 214 g/mol. The first-order valence-corrected chi connectivity index (χ1v) is 6.06. The molecule has 0 aromatic heterocycles. The molecule has 0 rings (SSSR count). The van der Waals surface area contributed by atoms with Crippen molar-refractivity contribution < 1.29 is 0 Å². The van der Waals surface area contributed by atoms with Crippen molar-refractivity contribution in [2.75, 3.05) is 25.0 Å². The minimum atomic E-state index is 0.782. The second-order valence-electron chi connectivity index (χ2n) is 3.64. The van der Waals surface area contributed by atoms with Crippen LogP contribution in [0.15, 0.2) is 0 Å². The number of halogens is 1. The Balaban J connectivity index is 3.82. The Morgan fingerprint density at radius 2 is 1.67 bits per heavy atom. The predicted molar refractivity (Wildman–Crippen MR) is 59.9 cm³/mol. The molecule has 0 saturated carbocycles. The highest BCUT2D eigenvalue weighted by atomic mass is 79.9. The highest BCUT2D eigenvalue weighted by Crippen LogP contribution is 2.14. The van der Waals surface area contributed by atoms with Gasteiger partial charge < -0.3 is 4.90 Å². The SMILES string of the molecule is CCN(CC)CC(CBr)C(C)C. The second kappa shape index (κ2) is 6.90. The lowest BCUT2D eigenvalue weighted by Gasteiger charge is -2.26. The Labute approximate surface area is 85.7 Å². The molecular formula is C10H22BrN. The van der Waals surface area contributed by atoms with Crippen molar-refractivity contribution >= 4 is 15.9 Å². The summed E-state index contributed by atoms with van der Waals surface area (Å²) in [4.78, 5) is 2.49. The fourth-order valence-corrected chi connectivity index (χ4v) is 2.20. The van der Waals surface area contributed by atoms with E-state index in [1.807, 2.05) is 0 Å². The normalized spacial score (nSPS) is 14.2. The van der Waals surface area contributed by atoms with Crippen LogP contribution in [0, 0.1) is 11.8 Å². The van der Waals surface area contributed by atoms with E-state index in [9.17, 15) is 0 Å². The summed E-state index contributed by atoms with van der Waals surface area (Å²) in [5.74, 6) is 1.58. The van der Waals surface area contributed by atoms with E-state index in [-0.39, 0.29) is 0 Å². The van der Waals surface area contributed by atoms with E-state index in [4.69, 9.17) is 0 Å². The summed E-state index contributed by atoms with van der Waals surface area (Å²) in [6.07, 6.45) is 0. The Hall–Kier alpha value is 0.440. The van der Waals surface area contributed by atoms with Crippen molar-refractivity contribution in [3.05, 3.63) is 0 Å². The minimum Gasteiger partial charge on any atom is -0.304 e. The van der Waals surface area contributed by atoms with Crippen LogP contribution in [0.5, 0.6) is 0 Å². The maximum absolute atomic E-state index is 3.58. The molecule has 0 fully saturated rings. The molecule has 0 aromatic rings. The lowest BCUT2D eigenvalue weighted by Crippen LogP contribution is -2.32. The summed E-state index contributed by atoms with van der Waals surface area (Å²) in [6, 6.07) is 0. The number of nitrogens with zero attached hydrogens (tertiary/aromatic N) is 1. The predicted octanol–water partition coefficient (Wildman–Crippen LogP) is 3.00. The third-order valence-electron chi connectivity index (χ3n) is 2.53. The van der Waals surface area contributed by atoms with Gasteiger partial charge in [0.25, 0.3) is 0 Å². The number of hydrogen-bond donors (Lipinski definition) is 0. The first-order chi connectivity index (χ1) is 5.65. The molecule has 1 nitrogen and oxygen atoms in total. The van der Waals surface area contributed by atoms with Crippen LogP contribution in [-0.4, -0.2) is 29.9 Å². The maximum atomic E-state index is 3.58. The Morgan fingerprint density at radius 3 is 1.92 bits per heavy atom. The zero-order valence-electron chi connectivity index (χ0n) is 8.81. The van der Waals surface area contributed by atoms with E-state index >= 15 is 0 Å². The van der Waals surface area contributed by atoms with Crippen LogP contribution in [0.1, 0.15) is 27.7 Å². The van der Waals surface area contributed by atoms with E-state index in [1.165, 1.54) is 19.6 Å². The summed E-state index contributed by atoms with van der Waals surface area (Å²) in [5, 5.41) is 1.13. The third kappa shape index (κ3) is 4.46. The molecule has 0 heterocycles. The molecule has 0 radical (unpaired) electrons. The van der Waals surface area contributed by atoms with Gasteiger partial charge in [0.1, 0.15) is 0 Å². The molecule has 0 spiro atoms. The van der Waals surface area contributed by atoms with Crippen molar-refractivity contribution in [3.8, 4) is 0 Å². The topological polar surface area (TPSA) is 3.24 Å². The monoisotopic (exact) mass is 235 g/mol. The fourth-order valence-electron chi connectivity index (χ4n) is 1.25. The highest BCUT2D eigenvalue weighted by molar-refractivity contribution is 9.09. The molecule has 0 saturated heterocycles. The van der Waals surface area contributed by atoms with E-state index in [2.05, 4.69) is 48.5 Å². The molecule has 0 N–H and O–H groups in total. The Kier molecular flexibility index (Phi) is 7.16. The van der Waals surface area contributed by atoms with Gasteiger partial charge in [-0.1, -0.05) is 43.6 Å². The summed E-state index contributed by atoms with van der Waals surface area (Å²) in [7, 11) is 0. The molecule has 74 valence electrons. The molecule has 0 aromatic carbocycles.